The number of para-hydroxylation sites is 1. The number of carbonyl (C=O) groups excluding carboxylic acids is 1. The molecule has 0 aliphatic rings. The van der Waals surface area contributed by atoms with Gasteiger partial charge in [-0.05, 0) is 6.07 Å². The van der Waals surface area contributed by atoms with Crippen molar-refractivity contribution in [2.45, 2.75) is 6.54 Å². The third kappa shape index (κ3) is 2.46. The molecule has 0 aliphatic carbocycles. The van der Waals surface area contributed by atoms with Crippen molar-refractivity contribution in [3.63, 3.8) is 0 Å². The summed E-state index contributed by atoms with van der Waals surface area (Å²) in [6.45, 7) is 0.907. The van der Waals surface area contributed by atoms with E-state index in [1.54, 1.807) is 11.8 Å². The molecule has 0 saturated carbocycles. The van der Waals surface area contributed by atoms with Gasteiger partial charge in [0.1, 0.15) is 17.5 Å². The van der Waals surface area contributed by atoms with Crippen LogP contribution in [0, 0.1) is 0 Å². The monoisotopic (exact) mass is 304 g/mol. The molecular weight excluding hydrogens is 292 g/mol. The summed E-state index contributed by atoms with van der Waals surface area (Å²) in [6, 6.07) is 7.38. The van der Waals surface area contributed by atoms with Gasteiger partial charge in [-0.2, -0.15) is 5.10 Å². The maximum absolute atomic E-state index is 12.7. The number of ketones is 1. The fraction of sp³-hybridized carbons (Fsp3) is 0.200. The van der Waals surface area contributed by atoms with Gasteiger partial charge in [0.25, 0.3) is 0 Å². The van der Waals surface area contributed by atoms with Gasteiger partial charge < -0.3 is 9.15 Å². The van der Waals surface area contributed by atoms with Crippen molar-refractivity contribution in [3.8, 4) is 0 Å². The molecule has 0 atom stereocenters. The summed E-state index contributed by atoms with van der Waals surface area (Å²) in [7, 11) is 1.59. The number of benzene rings is 1. The lowest BCUT2D eigenvalue weighted by Gasteiger charge is -2.06. The minimum absolute atomic E-state index is 0.210. The molecule has 3 aromatic rings. The SMILES string of the molecule is COCCn1ncc(Cl)c1C(=O)c1coc2ccccc12. The maximum Gasteiger partial charge on any atom is 0.216 e. The van der Waals surface area contributed by atoms with Crippen molar-refractivity contribution >= 4 is 28.4 Å². The van der Waals surface area contributed by atoms with Crippen molar-refractivity contribution in [1.29, 1.82) is 0 Å². The fourth-order valence-corrected chi connectivity index (χ4v) is 2.44. The number of methoxy groups -OCH3 is 1. The predicted octanol–water partition coefficient (Wildman–Crippen LogP) is 3.16. The van der Waals surface area contributed by atoms with Gasteiger partial charge in [-0.1, -0.05) is 29.8 Å². The average Bonchev–Trinajstić information content (AvgIpc) is 3.08. The smallest absolute Gasteiger partial charge is 0.216 e. The summed E-state index contributed by atoms with van der Waals surface area (Å²) in [4.78, 5) is 12.7. The second kappa shape index (κ2) is 5.71. The van der Waals surface area contributed by atoms with Crippen LogP contribution in [0.2, 0.25) is 5.02 Å². The van der Waals surface area contributed by atoms with Crippen molar-refractivity contribution < 1.29 is 13.9 Å². The molecule has 0 unspecified atom stereocenters. The number of furan rings is 1. The van der Waals surface area contributed by atoms with Gasteiger partial charge in [-0.15, -0.1) is 0 Å². The van der Waals surface area contributed by atoms with Crippen LogP contribution in [0.25, 0.3) is 11.0 Å². The minimum Gasteiger partial charge on any atom is -0.464 e. The predicted molar refractivity (Wildman–Crippen MR) is 78.8 cm³/mol. The average molecular weight is 305 g/mol. The molecule has 2 heterocycles. The molecule has 1 aromatic carbocycles. The molecule has 0 saturated heterocycles. The van der Waals surface area contributed by atoms with Crippen molar-refractivity contribution in [2.24, 2.45) is 0 Å². The van der Waals surface area contributed by atoms with E-state index in [-0.39, 0.29) is 5.78 Å². The number of fused-ring (bicyclic) bond motifs is 1. The van der Waals surface area contributed by atoms with Gasteiger partial charge in [-0.3, -0.25) is 9.48 Å². The highest BCUT2D eigenvalue weighted by molar-refractivity contribution is 6.35. The van der Waals surface area contributed by atoms with Crippen molar-refractivity contribution in [2.75, 3.05) is 13.7 Å². The highest BCUT2D eigenvalue weighted by Crippen LogP contribution is 2.26. The van der Waals surface area contributed by atoms with Crippen LogP contribution in [0.4, 0.5) is 0 Å². The van der Waals surface area contributed by atoms with Crippen molar-refractivity contribution in [3.05, 3.63) is 53.0 Å². The molecule has 0 bridgehead atoms. The Kier molecular flexibility index (Phi) is 3.77. The number of nitrogens with zero attached hydrogens (tertiary/aromatic N) is 2. The topological polar surface area (TPSA) is 57.3 Å². The lowest BCUT2D eigenvalue weighted by atomic mass is 10.1. The van der Waals surface area contributed by atoms with E-state index in [1.165, 1.54) is 12.5 Å². The zero-order valence-electron chi connectivity index (χ0n) is 11.4. The third-order valence-electron chi connectivity index (χ3n) is 3.24. The molecular formula is C15H13ClN2O3. The number of rotatable bonds is 5. The number of halogens is 1. The molecule has 21 heavy (non-hydrogen) atoms. The van der Waals surface area contributed by atoms with E-state index in [4.69, 9.17) is 20.8 Å². The normalized spacial score (nSPS) is 11.1. The first-order chi connectivity index (χ1) is 10.2. The first-order valence-electron chi connectivity index (χ1n) is 6.43. The second-order valence-electron chi connectivity index (χ2n) is 4.53. The number of hydrogen-bond donors (Lipinski definition) is 0. The van der Waals surface area contributed by atoms with E-state index in [0.29, 0.717) is 35.0 Å². The van der Waals surface area contributed by atoms with Crippen LogP contribution in [-0.4, -0.2) is 29.3 Å². The van der Waals surface area contributed by atoms with Crippen molar-refractivity contribution in [1.82, 2.24) is 9.78 Å². The summed E-state index contributed by atoms with van der Waals surface area (Å²) >= 11 is 6.11. The van der Waals surface area contributed by atoms with Gasteiger partial charge in [0.05, 0.1) is 29.9 Å². The van der Waals surface area contributed by atoms with E-state index in [1.807, 2.05) is 24.3 Å². The minimum atomic E-state index is -0.210. The Morgan fingerprint density at radius 2 is 2.24 bits per heavy atom. The lowest BCUT2D eigenvalue weighted by Crippen LogP contribution is -2.14. The van der Waals surface area contributed by atoms with Crippen LogP contribution < -0.4 is 0 Å². The Balaban J connectivity index is 2.04. The Bertz CT molecular complexity index is 791. The van der Waals surface area contributed by atoms with Crippen LogP contribution in [0.5, 0.6) is 0 Å². The number of aromatic nitrogens is 2. The van der Waals surface area contributed by atoms with Crippen LogP contribution in [0.3, 0.4) is 0 Å². The second-order valence-corrected chi connectivity index (χ2v) is 4.94. The molecule has 0 spiro atoms. The summed E-state index contributed by atoms with van der Waals surface area (Å²) < 4.78 is 12.0. The van der Waals surface area contributed by atoms with Gasteiger partial charge in [0.15, 0.2) is 0 Å². The Morgan fingerprint density at radius 3 is 3.05 bits per heavy atom. The Morgan fingerprint density at radius 1 is 1.43 bits per heavy atom. The highest BCUT2D eigenvalue weighted by atomic mass is 35.5. The zero-order chi connectivity index (χ0) is 14.8. The van der Waals surface area contributed by atoms with Crippen LogP contribution in [0.15, 0.2) is 41.1 Å². The molecule has 108 valence electrons. The maximum atomic E-state index is 12.7. The summed E-state index contributed by atoms with van der Waals surface area (Å²) in [5, 5.41) is 5.20. The Hall–Kier alpha value is -2.11. The van der Waals surface area contributed by atoms with E-state index in [0.717, 1.165) is 5.39 Å². The number of ether oxygens (including phenoxy) is 1. The van der Waals surface area contributed by atoms with Crippen LogP contribution >= 0.6 is 11.6 Å². The molecule has 3 rings (SSSR count). The van der Waals surface area contributed by atoms with E-state index < -0.39 is 0 Å². The van der Waals surface area contributed by atoms with E-state index in [9.17, 15) is 4.79 Å². The van der Waals surface area contributed by atoms with Gasteiger partial charge in [-0.25, -0.2) is 0 Å². The molecule has 0 N–H and O–H groups in total. The largest absolute Gasteiger partial charge is 0.464 e. The van der Waals surface area contributed by atoms with Gasteiger partial charge in [0.2, 0.25) is 5.78 Å². The highest BCUT2D eigenvalue weighted by Gasteiger charge is 2.22. The Labute approximate surface area is 126 Å². The van der Waals surface area contributed by atoms with Crippen LogP contribution in [0.1, 0.15) is 16.1 Å². The quantitative estimate of drug-likeness (QED) is 0.679. The van der Waals surface area contributed by atoms with Gasteiger partial charge in [0, 0.05) is 12.5 Å². The lowest BCUT2D eigenvalue weighted by molar-refractivity contribution is 0.102. The third-order valence-corrected chi connectivity index (χ3v) is 3.52. The number of carbonyl (C=O) groups is 1. The summed E-state index contributed by atoms with van der Waals surface area (Å²) in [5.41, 5.74) is 1.49. The first-order valence-corrected chi connectivity index (χ1v) is 6.81. The molecule has 0 fully saturated rings. The first kappa shape index (κ1) is 13.9. The van der Waals surface area contributed by atoms with Gasteiger partial charge >= 0.3 is 0 Å². The molecule has 0 radical (unpaired) electrons. The molecule has 6 heteroatoms. The fourth-order valence-electron chi connectivity index (χ4n) is 2.22. The van der Waals surface area contributed by atoms with E-state index >= 15 is 0 Å². The molecule has 0 amide bonds. The standard InChI is InChI=1S/C15H13ClN2O3/c1-20-7-6-18-14(12(16)8-17-18)15(19)11-9-21-13-5-3-2-4-10(11)13/h2-5,8-9H,6-7H2,1H3. The number of hydrogen-bond acceptors (Lipinski definition) is 4. The zero-order valence-corrected chi connectivity index (χ0v) is 12.1. The molecule has 5 nitrogen and oxygen atoms in total. The molecule has 2 aromatic heterocycles. The summed E-state index contributed by atoms with van der Waals surface area (Å²) in [6.07, 6.45) is 2.92. The van der Waals surface area contributed by atoms with Crippen LogP contribution in [-0.2, 0) is 11.3 Å². The summed E-state index contributed by atoms with van der Waals surface area (Å²) in [5.74, 6) is -0.210. The van der Waals surface area contributed by atoms with E-state index in [2.05, 4.69) is 5.10 Å². The molecule has 0 aliphatic heterocycles.